The Balaban J connectivity index is 2.56. The fourth-order valence-electron chi connectivity index (χ4n) is 1.90. The summed E-state index contributed by atoms with van der Waals surface area (Å²) >= 11 is 0. The molecule has 0 bridgehead atoms. The van der Waals surface area contributed by atoms with Crippen LogP contribution in [0.4, 0.5) is 0 Å². The second-order valence-electron chi connectivity index (χ2n) is 5.48. The van der Waals surface area contributed by atoms with Gasteiger partial charge in [-0.05, 0) is 13.8 Å². The van der Waals surface area contributed by atoms with Crippen LogP contribution in [0.25, 0.3) is 0 Å². The van der Waals surface area contributed by atoms with Crippen LogP contribution >= 0.6 is 0 Å². The van der Waals surface area contributed by atoms with Crippen LogP contribution in [-0.4, -0.2) is 60.8 Å². The molecule has 1 unspecified atom stereocenters. The van der Waals surface area contributed by atoms with Crippen molar-refractivity contribution < 1.29 is 29.0 Å². The largest absolute Gasteiger partial charge is 0.481 e. The monoisotopic (exact) mass is 287 g/mol. The molecule has 7 nitrogen and oxygen atoms in total. The summed E-state index contributed by atoms with van der Waals surface area (Å²) in [6, 6.07) is 0. The number of aliphatic carboxylic acids is 1. The van der Waals surface area contributed by atoms with Gasteiger partial charge in [0.1, 0.15) is 0 Å². The van der Waals surface area contributed by atoms with Gasteiger partial charge in [-0.1, -0.05) is 0 Å². The number of carboxylic acids is 1. The Bertz CT molecular complexity index is 392. The predicted octanol–water partition coefficient (Wildman–Crippen LogP) is 0.278. The number of carboxylic acid groups (broad SMARTS) is 1. The second-order valence-corrected chi connectivity index (χ2v) is 5.48. The summed E-state index contributed by atoms with van der Waals surface area (Å²) in [5.41, 5.74) is -1.10. The van der Waals surface area contributed by atoms with E-state index in [-0.39, 0.29) is 25.3 Å². The van der Waals surface area contributed by atoms with Gasteiger partial charge in [-0.3, -0.25) is 14.4 Å². The summed E-state index contributed by atoms with van der Waals surface area (Å²) in [5, 5.41) is 9.03. The number of esters is 1. The number of hydrogen-bond donors (Lipinski definition) is 1. The third-order valence-corrected chi connectivity index (χ3v) is 3.29. The van der Waals surface area contributed by atoms with Gasteiger partial charge < -0.3 is 19.5 Å². The summed E-state index contributed by atoms with van der Waals surface area (Å²) in [5.74, 6) is -1.64. The number of amides is 1. The Kier molecular flexibility index (Phi) is 5.50. The Morgan fingerprint density at radius 3 is 2.60 bits per heavy atom. The van der Waals surface area contributed by atoms with Crippen LogP contribution < -0.4 is 0 Å². The summed E-state index contributed by atoms with van der Waals surface area (Å²) in [6.45, 7) is 4.05. The van der Waals surface area contributed by atoms with E-state index in [0.717, 1.165) is 0 Å². The van der Waals surface area contributed by atoms with Crippen molar-refractivity contribution in [3.8, 4) is 0 Å². The van der Waals surface area contributed by atoms with Gasteiger partial charge in [0.25, 0.3) is 0 Å². The number of rotatable bonds is 5. The van der Waals surface area contributed by atoms with Crippen LogP contribution in [0.3, 0.4) is 0 Å². The van der Waals surface area contributed by atoms with Gasteiger partial charge in [-0.15, -0.1) is 0 Å². The third kappa shape index (κ3) is 4.48. The van der Waals surface area contributed by atoms with Crippen molar-refractivity contribution >= 4 is 17.8 Å². The van der Waals surface area contributed by atoms with Gasteiger partial charge in [-0.2, -0.15) is 0 Å². The fraction of sp³-hybridized carbons (Fsp3) is 0.769. The van der Waals surface area contributed by atoms with Gasteiger partial charge in [0.05, 0.1) is 31.7 Å². The van der Waals surface area contributed by atoms with Crippen molar-refractivity contribution in [3.63, 3.8) is 0 Å². The predicted molar refractivity (Wildman–Crippen MR) is 69.0 cm³/mol. The average Bonchev–Trinajstić information content (AvgIpc) is 2.38. The van der Waals surface area contributed by atoms with E-state index in [4.69, 9.17) is 9.84 Å². The lowest BCUT2D eigenvalue weighted by molar-refractivity contribution is -0.155. The molecule has 1 aliphatic heterocycles. The Hall–Kier alpha value is -1.63. The molecule has 0 spiro atoms. The van der Waals surface area contributed by atoms with E-state index in [1.54, 1.807) is 4.90 Å². The first-order valence-corrected chi connectivity index (χ1v) is 6.46. The molecule has 1 heterocycles. The quantitative estimate of drug-likeness (QED) is 0.730. The Morgan fingerprint density at radius 1 is 1.40 bits per heavy atom. The average molecular weight is 287 g/mol. The molecule has 1 aliphatic rings. The summed E-state index contributed by atoms with van der Waals surface area (Å²) in [6.07, 6.45) is -0.385. The standard InChI is InChI=1S/C13H21NO6/c1-13(2,12(17)18)7-10(15)14-4-5-20-9(8-14)6-11(16)19-3/h9H,4-8H2,1-3H3,(H,17,18). The number of carbonyl (C=O) groups is 3. The zero-order valence-corrected chi connectivity index (χ0v) is 12.0. The molecule has 1 fully saturated rings. The number of ether oxygens (including phenoxy) is 2. The van der Waals surface area contributed by atoms with E-state index >= 15 is 0 Å². The van der Waals surface area contributed by atoms with E-state index < -0.39 is 23.5 Å². The highest BCUT2D eigenvalue weighted by Gasteiger charge is 2.34. The lowest BCUT2D eigenvalue weighted by Gasteiger charge is -2.34. The van der Waals surface area contributed by atoms with Crippen LogP contribution in [0.15, 0.2) is 0 Å². The van der Waals surface area contributed by atoms with Crippen molar-refractivity contribution in [1.29, 1.82) is 0 Å². The molecule has 0 saturated carbocycles. The van der Waals surface area contributed by atoms with Gasteiger partial charge in [0.2, 0.25) is 5.91 Å². The molecule has 0 aromatic rings. The number of morpholine rings is 1. The molecule has 1 N–H and O–H groups in total. The molecule has 1 saturated heterocycles. The summed E-state index contributed by atoms with van der Waals surface area (Å²) in [7, 11) is 1.30. The number of methoxy groups -OCH3 is 1. The SMILES string of the molecule is COC(=O)CC1CN(C(=O)CC(C)(C)C(=O)O)CCO1. The molecule has 1 rings (SSSR count). The van der Waals surface area contributed by atoms with Crippen LogP contribution in [-0.2, 0) is 23.9 Å². The summed E-state index contributed by atoms with van der Waals surface area (Å²) in [4.78, 5) is 35.9. The lowest BCUT2D eigenvalue weighted by Crippen LogP contribution is -2.47. The molecule has 1 atom stereocenters. The highest BCUT2D eigenvalue weighted by Crippen LogP contribution is 2.22. The maximum absolute atomic E-state index is 12.1. The fourth-order valence-corrected chi connectivity index (χ4v) is 1.90. The number of hydrogen-bond acceptors (Lipinski definition) is 5. The van der Waals surface area contributed by atoms with Crippen molar-refractivity contribution in [2.24, 2.45) is 5.41 Å². The van der Waals surface area contributed by atoms with E-state index in [1.165, 1.54) is 21.0 Å². The first-order valence-electron chi connectivity index (χ1n) is 6.46. The summed E-state index contributed by atoms with van der Waals surface area (Å²) < 4.78 is 9.96. The normalized spacial score (nSPS) is 19.6. The van der Waals surface area contributed by atoms with Crippen molar-refractivity contribution in [1.82, 2.24) is 4.90 Å². The van der Waals surface area contributed by atoms with Gasteiger partial charge in [0, 0.05) is 19.5 Å². The number of nitrogens with zero attached hydrogens (tertiary/aromatic N) is 1. The molecule has 7 heteroatoms. The Morgan fingerprint density at radius 2 is 2.05 bits per heavy atom. The molecule has 0 aromatic carbocycles. The van der Waals surface area contributed by atoms with Crippen LogP contribution in [0, 0.1) is 5.41 Å². The van der Waals surface area contributed by atoms with E-state index in [0.29, 0.717) is 13.2 Å². The minimum atomic E-state index is -1.10. The first-order chi connectivity index (χ1) is 9.26. The second kappa shape index (κ2) is 6.69. The minimum absolute atomic E-state index is 0.0761. The number of carbonyl (C=O) groups excluding carboxylic acids is 2. The molecule has 0 radical (unpaired) electrons. The maximum atomic E-state index is 12.1. The molecular formula is C13H21NO6. The highest BCUT2D eigenvalue weighted by molar-refractivity contribution is 5.84. The molecule has 114 valence electrons. The maximum Gasteiger partial charge on any atom is 0.309 e. The van der Waals surface area contributed by atoms with E-state index in [1.807, 2.05) is 0 Å². The van der Waals surface area contributed by atoms with Gasteiger partial charge in [0.15, 0.2) is 0 Å². The van der Waals surface area contributed by atoms with Crippen LogP contribution in [0.5, 0.6) is 0 Å². The van der Waals surface area contributed by atoms with Gasteiger partial charge >= 0.3 is 11.9 Å². The molecule has 1 amide bonds. The Labute approximate surface area is 117 Å². The molecular weight excluding hydrogens is 266 g/mol. The van der Waals surface area contributed by atoms with Gasteiger partial charge in [-0.25, -0.2) is 0 Å². The molecule has 20 heavy (non-hydrogen) atoms. The van der Waals surface area contributed by atoms with Crippen molar-refractivity contribution in [2.75, 3.05) is 26.8 Å². The van der Waals surface area contributed by atoms with Crippen molar-refractivity contribution in [2.45, 2.75) is 32.8 Å². The third-order valence-electron chi connectivity index (χ3n) is 3.29. The molecule has 0 aliphatic carbocycles. The van der Waals surface area contributed by atoms with Crippen LogP contribution in [0.1, 0.15) is 26.7 Å². The zero-order chi connectivity index (χ0) is 15.3. The zero-order valence-electron chi connectivity index (χ0n) is 12.0. The van der Waals surface area contributed by atoms with E-state index in [2.05, 4.69) is 4.74 Å². The molecule has 0 aromatic heterocycles. The minimum Gasteiger partial charge on any atom is -0.481 e. The highest BCUT2D eigenvalue weighted by atomic mass is 16.5. The van der Waals surface area contributed by atoms with Crippen LogP contribution in [0.2, 0.25) is 0 Å². The first kappa shape index (κ1) is 16.4. The smallest absolute Gasteiger partial charge is 0.309 e. The van der Waals surface area contributed by atoms with E-state index in [9.17, 15) is 14.4 Å². The topological polar surface area (TPSA) is 93.1 Å². The van der Waals surface area contributed by atoms with Crippen molar-refractivity contribution in [3.05, 3.63) is 0 Å². The lowest BCUT2D eigenvalue weighted by atomic mass is 9.89.